The molecule has 102 valence electrons. The minimum absolute atomic E-state index is 0.132. The van der Waals surface area contributed by atoms with Gasteiger partial charge in [-0.3, -0.25) is 4.79 Å². The highest BCUT2D eigenvalue weighted by atomic mass is 32.2. The van der Waals surface area contributed by atoms with E-state index in [1.807, 2.05) is 0 Å². The first-order valence-corrected chi connectivity index (χ1v) is 5.98. The second-order valence-electron chi connectivity index (χ2n) is 3.69. The summed E-state index contributed by atoms with van der Waals surface area (Å²) in [6.45, 7) is 1.43. The van der Waals surface area contributed by atoms with E-state index in [1.165, 1.54) is 19.3 Å². The zero-order valence-corrected chi connectivity index (χ0v) is 10.4. The molecule has 0 spiro atoms. The lowest BCUT2D eigenvalue weighted by Crippen LogP contribution is -2.11. The summed E-state index contributed by atoms with van der Waals surface area (Å²) in [7, 11) is 0. The molecule has 0 radical (unpaired) electrons. The maximum Gasteiger partial charge on any atom is 0.435 e. The maximum atomic E-state index is 12.6. The molecule has 19 heavy (non-hydrogen) atoms. The Morgan fingerprint density at radius 3 is 2.79 bits per heavy atom. The second-order valence-corrected chi connectivity index (χ2v) is 5.02. The van der Waals surface area contributed by atoms with Crippen LogP contribution in [0.15, 0.2) is 23.5 Å². The number of nitrogens with zero attached hydrogens (tertiary/aromatic N) is 3. The lowest BCUT2D eigenvalue weighted by Gasteiger charge is -2.05. The summed E-state index contributed by atoms with van der Waals surface area (Å²) in [6, 6.07) is 0.851. The number of thioether (sulfide) groups is 1. The standard InChI is InChI=1S/C10H8F3N3O2S/c1-5(9(17)18)19-8-6-4-7(10(11,12)13)15-16(6)3-2-14-8/h2-5H,1H3,(H,17,18). The van der Waals surface area contributed by atoms with Gasteiger partial charge in [-0.15, -0.1) is 0 Å². The summed E-state index contributed by atoms with van der Waals surface area (Å²) in [4.78, 5) is 14.6. The van der Waals surface area contributed by atoms with Gasteiger partial charge in [0, 0.05) is 12.4 Å². The molecule has 0 saturated carbocycles. The van der Waals surface area contributed by atoms with Gasteiger partial charge in [-0.25, -0.2) is 9.50 Å². The Bertz CT molecular complexity index is 626. The van der Waals surface area contributed by atoms with Crippen LogP contribution < -0.4 is 0 Å². The van der Waals surface area contributed by atoms with Crippen molar-refractivity contribution in [3.05, 3.63) is 24.2 Å². The molecule has 1 atom stereocenters. The number of aliphatic carboxylic acids is 1. The number of hydrogen-bond acceptors (Lipinski definition) is 4. The molecule has 0 aliphatic heterocycles. The van der Waals surface area contributed by atoms with Crippen LogP contribution in [0.25, 0.3) is 5.52 Å². The molecule has 1 N–H and O–H groups in total. The van der Waals surface area contributed by atoms with Gasteiger partial charge in [0.15, 0.2) is 5.69 Å². The Hall–Kier alpha value is -1.77. The molecule has 1 unspecified atom stereocenters. The molecule has 0 bridgehead atoms. The van der Waals surface area contributed by atoms with E-state index in [4.69, 9.17) is 5.11 Å². The molecule has 0 fully saturated rings. The summed E-state index contributed by atoms with van der Waals surface area (Å²) in [5.41, 5.74) is -0.904. The van der Waals surface area contributed by atoms with Crippen molar-refractivity contribution in [2.45, 2.75) is 23.4 Å². The summed E-state index contributed by atoms with van der Waals surface area (Å²) < 4.78 is 38.7. The Kier molecular flexibility index (Phi) is 3.40. The van der Waals surface area contributed by atoms with Crippen LogP contribution in [0.4, 0.5) is 13.2 Å². The Morgan fingerprint density at radius 2 is 2.21 bits per heavy atom. The second kappa shape index (κ2) is 4.72. The van der Waals surface area contributed by atoms with Gasteiger partial charge >= 0.3 is 12.1 Å². The van der Waals surface area contributed by atoms with Gasteiger partial charge in [0.1, 0.15) is 10.3 Å². The van der Waals surface area contributed by atoms with Gasteiger partial charge in [0.25, 0.3) is 0 Å². The number of halogens is 3. The fourth-order valence-electron chi connectivity index (χ4n) is 1.35. The highest BCUT2D eigenvalue weighted by molar-refractivity contribution is 8.00. The molecule has 2 aromatic heterocycles. The molecule has 2 aromatic rings. The van der Waals surface area contributed by atoms with E-state index in [0.29, 0.717) is 0 Å². The Morgan fingerprint density at radius 1 is 1.53 bits per heavy atom. The monoisotopic (exact) mass is 291 g/mol. The molecular weight excluding hydrogens is 283 g/mol. The molecule has 0 saturated heterocycles. The van der Waals surface area contributed by atoms with E-state index in [9.17, 15) is 18.0 Å². The molecule has 2 rings (SSSR count). The van der Waals surface area contributed by atoms with E-state index in [2.05, 4.69) is 10.1 Å². The number of hydrogen-bond donors (Lipinski definition) is 1. The van der Waals surface area contributed by atoms with Crippen LogP contribution in [0.2, 0.25) is 0 Å². The minimum atomic E-state index is -4.55. The number of carbonyl (C=O) groups is 1. The van der Waals surface area contributed by atoms with E-state index < -0.39 is 23.1 Å². The maximum absolute atomic E-state index is 12.6. The van der Waals surface area contributed by atoms with Gasteiger partial charge in [-0.05, 0) is 13.0 Å². The summed E-state index contributed by atoms with van der Waals surface area (Å²) in [6.07, 6.45) is -2.00. The van der Waals surface area contributed by atoms with Crippen molar-refractivity contribution in [2.24, 2.45) is 0 Å². The van der Waals surface area contributed by atoms with E-state index in [0.717, 1.165) is 22.3 Å². The number of carboxylic acids is 1. The van der Waals surface area contributed by atoms with Crippen molar-refractivity contribution in [2.75, 3.05) is 0 Å². The third-order valence-corrected chi connectivity index (χ3v) is 3.37. The SMILES string of the molecule is CC(Sc1nccn2nc(C(F)(F)F)cc12)C(=O)O. The van der Waals surface area contributed by atoms with Crippen LogP contribution in [0.5, 0.6) is 0 Å². The van der Waals surface area contributed by atoms with Crippen LogP contribution in [-0.2, 0) is 11.0 Å². The van der Waals surface area contributed by atoms with Gasteiger partial charge in [-0.2, -0.15) is 18.3 Å². The first-order chi connectivity index (χ1) is 8.79. The molecule has 0 amide bonds. The smallest absolute Gasteiger partial charge is 0.435 e. The largest absolute Gasteiger partial charge is 0.480 e. The molecular formula is C10H8F3N3O2S. The number of aromatic nitrogens is 3. The topological polar surface area (TPSA) is 67.5 Å². The van der Waals surface area contributed by atoms with Crippen molar-refractivity contribution < 1.29 is 23.1 Å². The summed E-state index contributed by atoms with van der Waals surface area (Å²) >= 11 is 0.866. The van der Waals surface area contributed by atoms with Crippen LogP contribution in [0.3, 0.4) is 0 Å². The molecule has 0 aliphatic rings. The normalized spacial score (nSPS) is 13.7. The van der Waals surface area contributed by atoms with Crippen molar-refractivity contribution >= 4 is 23.2 Å². The minimum Gasteiger partial charge on any atom is -0.480 e. The lowest BCUT2D eigenvalue weighted by atomic mass is 10.4. The van der Waals surface area contributed by atoms with Crippen LogP contribution in [0.1, 0.15) is 12.6 Å². The van der Waals surface area contributed by atoms with E-state index in [-0.39, 0.29) is 10.5 Å². The van der Waals surface area contributed by atoms with Crippen molar-refractivity contribution in [1.29, 1.82) is 0 Å². The number of carboxylic acid groups (broad SMARTS) is 1. The van der Waals surface area contributed by atoms with Crippen LogP contribution in [0, 0.1) is 0 Å². The van der Waals surface area contributed by atoms with Crippen LogP contribution >= 0.6 is 11.8 Å². The Labute approximate surface area is 109 Å². The quantitative estimate of drug-likeness (QED) is 0.879. The highest BCUT2D eigenvalue weighted by Gasteiger charge is 2.34. The average Bonchev–Trinajstić information content (AvgIpc) is 2.73. The van der Waals surface area contributed by atoms with Gasteiger partial charge < -0.3 is 5.11 Å². The third kappa shape index (κ3) is 2.80. The Balaban J connectivity index is 2.45. The highest BCUT2D eigenvalue weighted by Crippen LogP contribution is 2.32. The first kappa shape index (κ1) is 13.7. The van der Waals surface area contributed by atoms with Gasteiger partial charge in [0.05, 0.1) is 5.52 Å². The molecule has 2 heterocycles. The van der Waals surface area contributed by atoms with Gasteiger partial charge in [0.2, 0.25) is 0 Å². The molecule has 9 heteroatoms. The summed E-state index contributed by atoms with van der Waals surface area (Å²) in [5, 5.41) is 11.6. The predicted molar refractivity (Wildman–Crippen MR) is 60.9 cm³/mol. The molecule has 0 aliphatic carbocycles. The number of alkyl halides is 3. The first-order valence-electron chi connectivity index (χ1n) is 5.10. The molecule has 0 aromatic carbocycles. The third-order valence-electron chi connectivity index (χ3n) is 2.28. The zero-order chi connectivity index (χ0) is 14.2. The fourth-order valence-corrected chi connectivity index (χ4v) is 2.18. The van der Waals surface area contributed by atoms with Crippen molar-refractivity contribution in [3.8, 4) is 0 Å². The average molecular weight is 291 g/mol. The van der Waals surface area contributed by atoms with Crippen molar-refractivity contribution in [3.63, 3.8) is 0 Å². The zero-order valence-electron chi connectivity index (χ0n) is 9.55. The van der Waals surface area contributed by atoms with E-state index in [1.54, 1.807) is 0 Å². The number of fused-ring (bicyclic) bond motifs is 1. The predicted octanol–water partition coefficient (Wildman–Crippen LogP) is 2.31. The summed E-state index contributed by atoms with van der Waals surface area (Å²) in [5.74, 6) is -1.07. The fraction of sp³-hybridized carbons (Fsp3) is 0.300. The molecule has 5 nitrogen and oxygen atoms in total. The van der Waals surface area contributed by atoms with Crippen LogP contribution in [-0.4, -0.2) is 30.9 Å². The van der Waals surface area contributed by atoms with Crippen molar-refractivity contribution in [1.82, 2.24) is 14.6 Å². The van der Waals surface area contributed by atoms with Gasteiger partial charge in [-0.1, -0.05) is 11.8 Å². The lowest BCUT2D eigenvalue weighted by molar-refractivity contribution is -0.141. The van der Waals surface area contributed by atoms with E-state index >= 15 is 0 Å². The number of rotatable bonds is 3.